The Hall–Kier alpha value is -2.84. The molecule has 0 aromatic heterocycles. The monoisotopic (exact) mass is 478 g/mol. The Labute approximate surface area is 188 Å². The molecule has 0 aliphatic carbocycles. The Morgan fingerprint density at radius 1 is 1.03 bits per heavy atom. The Kier molecular flexibility index (Phi) is 5.77. The van der Waals surface area contributed by atoms with Crippen LogP contribution in [0.1, 0.15) is 27.8 Å². The molecule has 166 valence electrons. The van der Waals surface area contributed by atoms with Crippen LogP contribution in [0.2, 0.25) is 5.02 Å². The van der Waals surface area contributed by atoms with Crippen molar-refractivity contribution in [2.24, 2.45) is 4.99 Å². The molecule has 9 heteroatoms. The predicted octanol–water partition coefficient (Wildman–Crippen LogP) is 5.86. The summed E-state index contributed by atoms with van der Waals surface area (Å²) in [5.41, 5.74) is 2.62. The van der Waals surface area contributed by atoms with E-state index in [1.807, 2.05) is 0 Å². The zero-order valence-electron chi connectivity index (χ0n) is 16.9. The van der Waals surface area contributed by atoms with Crippen molar-refractivity contribution in [3.8, 4) is 0 Å². The number of hydrogen-bond donors (Lipinski definition) is 1. The van der Waals surface area contributed by atoms with E-state index >= 15 is 0 Å². The van der Waals surface area contributed by atoms with Crippen LogP contribution in [-0.2, 0) is 22.6 Å². The fraction of sp³-hybridized carbons (Fsp3) is 0.174. The van der Waals surface area contributed by atoms with Gasteiger partial charge in [-0.25, -0.2) is 8.42 Å². The van der Waals surface area contributed by atoms with Crippen LogP contribution < -0.4 is 4.72 Å². The van der Waals surface area contributed by atoms with Gasteiger partial charge in [0.05, 0.1) is 16.2 Å². The van der Waals surface area contributed by atoms with Crippen LogP contribution in [-0.4, -0.2) is 20.7 Å². The molecule has 3 aromatic rings. The van der Waals surface area contributed by atoms with Gasteiger partial charge in [0, 0.05) is 28.4 Å². The molecular formula is C23H18ClF3N2O2S. The molecule has 3 aromatic carbocycles. The molecule has 0 radical (unpaired) electrons. The quantitative estimate of drug-likeness (QED) is 0.510. The van der Waals surface area contributed by atoms with E-state index in [4.69, 9.17) is 11.6 Å². The van der Waals surface area contributed by atoms with Crippen molar-refractivity contribution in [2.45, 2.75) is 24.4 Å². The number of alkyl halides is 3. The van der Waals surface area contributed by atoms with Crippen LogP contribution >= 0.6 is 11.6 Å². The number of halogens is 4. The predicted molar refractivity (Wildman–Crippen MR) is 119 cm³/mol. The third-order valence-corrected chi connectivity index (χ3v) is 7.19. The lowest BCUT2D eigenvalue weighted by molar-refractivity contribution is -0.137. The first-order valence-electron chi connectivity index (χ1n) is 9.69. The number of benzene rings is 3. The van der Waals surface area contributed by atoms with Gasteiger partial charge in [-0.3, -0.25) is 9.71 Å². The van der Waals surface area contributed by atoms with Gasteiger partial charge in [-0.05, 0) is 60.9 Å². The minimum atomic E-state index is -4.40. The van der Waals surface area contributed by atoms with Crippen LogP contribution in [0.25, 0.3) is 0 Å². The molecular weight excluding hydrogens is 461 g/mol. The molecule has 32 heavy (non-hydrogen) atoms. The summed E-state index contributed by atoms with van der Waals surface area (Å²) in [6, 6.07) is 14.9. The Morgan fingerprint density at radius 3 is 2.44 bits per heavy atom. The number of aliphatic imine (C=N–C) groups is 1. The summed E-state index contributed by atoms with van der Waals surface area (Å²) in [7, 11) is -3.84. The van der Waals surface area contributed by atoms with Gasteiger partial charge in [-0.1, -0.05) is 35.9 Å². The number of hydrogen-bond acceptors (Lipinski definition) is 3. The van der Waals surface area contributed by atoms with Gasteiger partial charge in [0.2, 0.25) is 0 Å². The van der Waals surface area contributed by atoms with Gasteiger partial charge in [0.25, 0.3) is 10.0 Å². The molecule has 4 rings (SSSR count). The SMILES string of the molecule is Cc1c(Cl)cccc1S(=O)(=O)Nc1ccc(C2=NCCc3cc(C(F)(F)F)ccc32)cc1. The molecule has 0 atom stereocenters. The van der Waals surface area contributed by atoms with Crippen molar-refractivity contribution in [3.63, 3.8) is 0 Å². The van der Waals surface area contributed by atoms with Gasteiger partial charge in [-0.15, -0.1) is 0 Å². The van der Waals surface area contributed by atoms with Crippen molar-refractivity contribution in [1.82, 2.24) is 0 Å². The van der Waals surface area contributed by atoms with Gasteiger partial charge in [0.15, 0.2) is 0 Å². The van der Waals surface area contributed by atoms with Crippen LogP contribution in [0.15, 0.2) is 70.6 Å². The molecule has 0 amide bonds. The maximum Gasteiger partial charge on any atom is 0.416 e. The summed E-state index contributed by atoms with van der Waals surface area (Å²) < 4.78 is 67.1. The average Bonchev–Trinajstić information content (AvgIpc) is 2.74. The molecule has 1 heterocycles. The van der Waals surface area contributed by atoms with Crippen LogP contribution in [0.5, 0.6) is 0 Å². The Morgan fingerprint density at radius 2 is 1.75 bits per heavy atom. The van der Waals surface area contributed by atoms with Crippen LogP contribution in [0.3, 0.4) is 0 Å². The highest BCUT2D eigenvalue weighted by atomic mass is 35.5. The number of sulfonamides is 1. The molecule has 0 unspecified atom stereocenters. The maximum absolute atomic E-state index is 13.0. The minimum Gasteiger partial charge on any atom is -0.284 e. The van der Waals surface area contributed by atoms with Crippen LogP contribution in [0, 0.1) is 6.92 Å². The second kappa shape index (κ2) is 8.26. The van der Waals surface area contributed by atoms with E-state index in [0.717, 1.165) is 6.07 Å². The molecule has 0 bridgehead atoms. The van der Waals surface area contributed by atoms with Crippen LogP contribution in [0.4, 0.5) is 18.9 Å². The number of anilines is 1. The Bertz CT molecular complexity index is 1320. The lowest BCUT2D eigenvalue weighted by atomic mass is 9.92. The van der Waals surface area contributed by atoms with E-state index in [2.05, 4.69) is 9.71 Å². The largest absolute Gasteiger partial charge is 0.416 e. The van der Waals surface area contributed by atoms with Gasteiger partial charge < -0.3 is 0 Å². The van der Waals surface area contributed by atoms with Gasteiger partial charge >= 0.3 is 6.18 Å². The molecule has 1 aliphatic heterocycles. The van der Waals surface area contributed by atoms with E-state index in [9.17, 15) is 21.6 Å². The first-order valence-corrected chi connectivity index (χ1v) is 11.6. The number of nitrogens with one attached hydrogen (secondary N) is 1. The van der Waals surface area contributed by atoms with E-state index in [1.165, 1.54) is 18.2 Å². The highest BCUT2D eigenvalue weighted by Crippen LogP contribution is 2.32. The van der Waals surface area contributed by atoms with E-state index < -0.39 is 21.8 Å². The summed E-state index contributed by atoms with van der Waals surface area (Å²) in [5, 5.41) is 0.353. The molecule has 4 nitrogen and oxygen atoms in total. The third-order valence-electron chi connectivity index (χ3n) is 5.26. The van der Waals surface area contributed by atoms with E-state index in [1.54, 1.807) is 43.3 Å². The Balaban J connectivity index is 1.60. The summed E-state index contributed by atoms with van der Waals surface area (Å²) in [5.74, 6) is 0. The summed E-state index contributed by atoms with van der Waals surface area (Å²) in [6.45, 7) is 2.01. The van der Waals surface area contributed by atoms with Gasteiger partial charge in [-0.2, -0.15) is 13.2 Å². The number of rotatable bonds is 4. The average molecular weight is 479 g/mol. The standard InChI is InChI=1S/C23H18ClF3N2O2S/c1-14-20(24)3-2-4-21(14)32(30,31)29-18-8-5-15(6-9-18)22-19-10-7-17(23(25,26)27)13-16(19)11-12-28-22/h2-10,13,29H,11-12H2,1H3. The molecule has 1 N–H and O–H groups in total. The third kappa shape index (κ3) is 4.38. The highest BCUT2D eigenvalue weighted by Gasteiger charge is 2.31. The zero-order chi connectivity index (χ0) is 23.1. The first-order chi connectivity index (χ1) is 15.1. The fourth-order valence-electron chi connectivity index (χ4n) is 3.61. The number of nitrogens with zero attached hydrogens (tertiary/aromatic N) is 1. The lowest BCUT2D eigenvalue weighted by Gasteiger charge is -2.19. The first kappa shape index (κ1) is 22.4. The lowest BCUT2D eigenvalue weighted by Crippen LogP contribution is -2.17. The number of fused-ring (bicyclic) bond motifs is 1. The van der Waals surface area contributed by atoms with Crippen molar-refractivity contribution >= 4 is 33.0 Å². The summed E-state index contributed by atoms with van der Waals surface area (Å²) >= 11 is 6.04. The molecule has 1 aliphatic rings. The van der Waals surface area contributed by atoms with E-state index in [0.29, 0.717) is 51.6 Å². The summed E-state index contributed by atoms with van der Waals surface area (Å²) in [4.78, 5) is 4.57. The normalized spacial score (nSPS) is 14.0. The summed E-state index contributed by atoms with van der Waals surface area (Å²) in [6.07, 6.45) is -3.97. The molecule has 0 saturated carbocycles. The fourth-order valence-corrected chi connectivity index (χ4v) is 5.17. The maximum atomic E-state index is 13.0. The smallest absolute Gasteiger partial charge is 0.284 e. The zero-order valence-corrected chi connectivity index (χ0v) is 18.4. The molecule has 0 saturated heterocycles. The van der Waals surface area contributed by atoms with Crippen molar-refractivity contribution in [3.05, 3.63) is 93.5 Å². The van der Waals surface area contributed by atoms with E-state index in [-0.39, 0.29) is 4.90 Å². The highest BCUT2D eigenvalue weighted by molar-refractivity contribution is 7.92. The second-order valence-electron chi connectivity index (χ2n) is 7.40. The second-order valence-corrected chi connectivity index (χ2v) is 9.45. The van der Waals surface area contributed by atoms with Gasteiger partial charge in [0.1, 0.15) is 0 Å². The minimum absolute atomic E-state index is 0.0835. The van der Waals surface area contributed by atoms with Crippen molar-refractivity contribution in [1.29, 1.82) is 0 Å². The molecule has 0 fully saturated rings. The molecule has 0 spiro atoms. The topological polar surface area (TPSA) is 58.5 Å². The van der Waals surface area contributed by atoms with Crippen molar-refractivity contribution < 1.29 is 21.6 Å². The van der Waals surface area contributed by atoms with Crippen molar-refractivity contribution in [2.75, 3.05) is 11.3 Å².